The van der Waals surface area contributed by atoms with Gasteiger partial charge in [-0.2, -0.15) is 0 Å². The Morgan fingerprint density at radius 3 is 2.43 bits per heavy atom. The van der Waals surface area contributed by atoms with E-state index in [9.17, 15) is 14.9 Å². The molecule has 9 heteroatoms. The van der Waals surface area contributed by atoms with Crippen molar-refractivity contribution in [3.63, 3.8) is 0 Å². The van der Waals surface area contributed by atoms with Crippen LogP contribution in [0.2, 0.25) is 0 Å². The number of aryl methyl sites for hydroxylation is 3. The van der Waals surface area contributed by atoms with E-state index in [2.05, 4.69) is 25.9 Å². The number of carbonyl (C=O) groups is 1. The van der Waals surface area contributed by atoms with Crippen LogP contribution >= 0.6 is 15.9 Å². The second-order valence-corrected chi connectivity index (χ2v) is 8.34. The third-order valence-corrected chi connectivity index (χ3v) is 4.33. The van der Waals surface area contributed by atoms with Gasteiger partial charge < -0.3 is 4.74 Å². The van der Waals surface area contributed by atoms with Gasteiger partial charge in [0.1, 0.15) is 17.1 Å². The van der Waals surface area contributed by atoms with Crippen molar-refractivity contribution in [1.82, 2.24) is 9.97 Å². The number of benzene rings is 1. The normalized spacial score (nSPS) is 11.2. The summed E-state index contributed by atoms with van der Waals surface area (Å²) in [7, 11) is 0. The lowest BCUT2D eigenvalue weighted by atomic mass is 10.1. The van der Waals surface area contributed by atoms with Gasteiger partial charge in [-0.25, -0.2) is 14.8 Å². The highest BCUT2D eigenvalue weighted by Gasteiger charge is 2.32. The second kappa shape index (κ2) is 8.22. The van der Waals surface area contributed by atoms with Crippen molar-refractivity contribution >= 4 is 33.5 Å². The van der Waals surface area contributed by atoms with Crippen molar-refractivity contribution in [2.45, 2.75) is 53.7 Å². The number of amides is 1. The van der Waals surface area contributed by atoms with Crippen LogP contribution in [0.5, 0.6) is 0 Å². The van der Waals surface area contributed by atoms with E-state index in [4.69, 9.17) is 4.74 Å². The van der Waals surface area contributed by atoms with Crippen LogP contribution in [-0.2, 0) is 11.3 Å². The Morgan fingerprint density at radius 2 is 1.89 bits per heavy atom. The molecule has 2 rings (SSSR count). The summed E-state index contributed by atoms with van der Waals surface area (Å²) in [4.78, 5) is 33.5. The zero-order chi connectivity index (χ0) is 21.2. The molecule has 0 aliphatic rings. The number of carbonyl (C=O) groups excluding carboxylic acids is 1. The molecule has 1 aromatic carbocycles. The quantitative estimate of drug-likeness (QED) is 0.479. The first-order chi connectivity index (χ1) is 12.9. The highest BCUT2D eigenvalue weighted by molar-refractivity contribution is 9.10. The molecule has 0 N–H and O–H groups in total. The lowest BCUT2D eigenvalue weighted by molar-refractivity contribution is -0.385. The first-order valence-electron chi connectivity index (χ1n) is 8.64. The Balaban J connectivity index is 2.62. The maximum atomic E-state index is 13.0. The summed E-state index contributed by atoms with van der Waals surface area (Å²) < 4.78 is 6.40. The van der Waals surface area contributed by atoms with Crippen molar-refractivity contribution < 1.29 is 14.5 Å². The molecule has 2 aromatic rings. The molecule has 0 aliphatic heterocycles. The molecule has 0 radical (unpaired) electrons. The summed E-state index contributed by atoms with van der Waals surface area (Å²) in [6, 6.07) is 5.61. The van der Waals surface area contributed by atoms with Gasteiger partial charge in [-0.3, -0.25) is 15.0 Å². The van der Waals surface area contributed by atoms with E-state index in [1.165, 1.54) is 11.8 Å². The summed E-state index contributed by atoms with van der Waals surface area (Å²) in [6.07, 6.45) is -0.713. The van der Waals surface area contributed by atoms with Gasteiger partial charge in [0.2, 0.25) is 5.82 Å². The highest BCUT2D eigenvalue weighted by atomic mass is 79.9. The lowest BCUT2D eigenvalue weighted by Gasteiger charge is -2.27. The first kappa shape index (κ1) is 21.7. The lowest BCUT2D eigenvalue weighted by Crippen LogP contribution is -2.37. The maximum absolute atomic E-state index is 13.0. The molecule has 28 heavy (non-hydrogen) atoms. The predicted octanol–water partition coefficient (Wildman–Crippen LogP) is 5.01. The van der Waals surface area contributed by atoms with Crippen molar-refractivity contribution in [3.05, 3.63) is 55.4 Å². The van der Waals surface area contributed by atoms with Crippen LogP contribution in [0.15, 0.2) is 22.7 Å². The van der Waals surface area contributed by atoms with Gasteiger partial charge >= 0.3 is 11.8 Å². The van der Waals surface area contributed by atoms with Gasteiger partial charge in [0, 0.05) is 4.47 Å². The topological polar surface area (TPSA) is 98.5 Å². The molecule has 0 saturated heterocycles. The zero-order valence-corrected chi connectivity index (χ0v) is 18.3. The predicted molar refractivity (Wildman–Crippen MR) is 109 cm³/mol. The molecule has 0 fully saturated rings. The summed E-state index contributed by atoms with van der Waals surface area (Å²) in [6.45, 7) is 10.3. The van der Waals surface area contributed by atoms with Gasteiger partial charge in [-0.15, -0.1) is 0 Å². The summed E-state index contributed by atoms with van der Waals surface area (Å²) in [5, 5.41) is 11.7. The molecule has 150 valence electrons. The maximum Gasteiger partial charge on any atom is 0.416 e. The Morgan fingerprint density at radius 1 is 1.25 bits per heavy atom. The van der Waals surface area contributed by atoms with E-state index in [0.29, 0.717) is 5.82 Å². The first-order valence-corrected chi connectivity index (χ1v) is 9.43. The number of nitro groups is 1. The Bertz CT molecular complexity index is 925. The van der Waals surface area contributed by atoms with Crippen molar-refractivity contribution in [2.24, 2.45) is 0 Å². The SMILES string of the molecule is Cc1nc(C)c([N+](=O)[O-])c(N(Cc2ccc(Br)cc2C)C(=O)OC(C)(C)C)n1. The third-order valence-electron chi connectivity index (χ3n) is 3.84. The van der Waals surface area contributed by atoms with E-state index in [0.717, 1.165) is 15.6 Å². The summed E-state index contributed by atoms with van der Waals surface area (Å²) in [5.41, 5.74) is 0.848. The number of anilines is 1. The van der Waals surface area contributed by atoms with Gasteiger partial charge in [-0.1, -0.05) is 22.0 Å². The number of aromatic nitrogens is 2. The molecule has 8 nitrogen and oxygen atoms in total. The Labute approximate surface area is 172 Å². The minimum absolute atomic E-state index is 0.0742. The largest absolute Gasteiger partial charge is 0.443 e. The van der Waals surface area contributed by atoms with E-state index in [1.54, 1.807) is 27.7 Å². The van der Waals surface area contributed by atoms with E-state index in [1.807, 2.05) is 25.1 Å². The van der Waals surface area contributed by atoms with Gasteiger partial charge in [0.15, 0.2) is 0 Å². The molecule has 0 spiro atoms. The number of rotatable bonds is 4. The van der Waals surface area contributed by atoms with Crippen LogP contribution in [0, 0.1) is 30.9 Å². The van der Waals surface area contributed by atoms with Crippen LogP contribution in [0.4, 0.5) is 16.3 Å². The zero-order valence-electron chi connectivity index (χ0n) is 16.7. The molecule has 1 heterocycles. The molecular weight excluding hydrogens is 428 g/mol. The van der Waals surface area contributed by atoms with Crippen LogP contribution in [0.25, 0.3) is 0 Å². The minimum atomic E-state index is -0.768. The third kappa shape index (κ3) is 5.25. The molecule has 0 atom stereocenters. The van der Waals surface area contributed by atoms with Gasteiger partial charge in [-0.05, 0) is 64.8 Å². The molecule has 1 aromatic heterocycles. The fourth-order valence-electron chi connectivity index (χ4n) is 2.64. The average molecular weight is 451 g/mol. The van der Waals surface area contributed by atoms with Crippen LogP contribution in [0.3, 0.4) is 0 Å². The van der Waals surface area contributed by atoms with Crippen molar-refractivity contribution in [2.75, 3.05) is 4.90 Å². The van der Waals surface area contributed by atoms with Crippen molar-refractivity contribution in [3.8, 4) is 0 Å². The molecule has 0 aliphatic carbocycles. The van der Waals surface area contributed by atoms with E-state index < -0.39 is 16.6 Å². The monoisotopic (exact) mass is 450 g/mol. The highest BCUT2D eigenvalue weighted by Crippen LogP contribution is 2.31. The molecule has 1 amide bonds. The number of hydrogen-bond donors (Lipinski definition) is 0. The standard InChI is InChI=1S/C19H23BrN4O4/c1-11-9-15(20)8-7-14(11)10-23(18(25)28-19(4,5)6)17-16(24(26)27)12(2)21-13(3)22-17/h7-9H,10H2,1-6H3. The molecule has 0 saturated carbocycles. The van der Waals surface area contributed by atoms with Crippen LogP contribution < -0.4 is 4.90 Å². The van der Waals surface area contributed by atoms with Crippen molar-refractivity contribution in [1.29, 1.82) is 0 Å². The van der Waals surface area contributed by atoms with E-state index >= 15 is 0 Å². The number of nitrogens with zero attached hydrogens (tertiary/aromatic N) is 4. The number of hydrogen-bond acceptors (Lipinski definition) is 6. The summed E-state index contributed by atoms with van der Waals surface area (Å²) in [5.74, 6) is 0.255. The van der Waals surface area contributed by atoms with Crippen LogP contribution in [0.1, 0.15) is 43.4 Å². The van der Waals surface area contributed by atoms with Gasteiger partial charge in [0.05, 0.1) is 11.5 Å². The molecule has 0 bridgehead atoms. The summed E-state index contributed by atoms with van der Waals surface area (Å²) >= 11 is 3.41. The smallest absolute Gasteiger partial charge is 0.416 e. The van der Waals surface area contributed by atoms with E-state index in [-0.39, 0.29) is 23.7 Å². The number of halogens is 1. The average Bonchev–Trinajstić information content (AvgIpc) is 2.51. The van der Waals surface area contributed by atoms with Gasteiger partial charge in [0.25, 0.3) is 0 Å². The number of ether oxygens (including phenoxy) is 1. The minimum Gasteiger partial charge on any atom is -0.443 e. The molecular formula is C19H23BrN4O4. The Hall–Kier alpha value is -2.55. The second-order valence-electron chi connectivity index (χ2n) is 7.42. The fourth-order valence-corrected chi connectivity index (χ4v) is 3.12. The van der Waals surface area contributed by atoms with Crippen LogP contribution in [-0.4, -0.2) is 26.6 Å². The Kier molecular flexibility index (Phi) is 6.38. The fraction of sp³-hybridized carbons (Fsp3) is 0.421. The molecule has 0 unspecified atom stereocenters.